The van der Waals surface area contributed by atoms with Crippen LogP contribution in [0.1, 0.15) is 5.56 Å². The van der Waals surface area contributed by atoms with Gasteiger partial charge in [-0.1, -0.05) is 30.4 Å². The van der Waals surface area contributed by atoms with Gasteiger partial charge in [-0.25, -0.2) is 0 Å². The number of carbonyl (C=O) groups excluding carboxylic acids is 1. The molecule has 21 heavy (non-hydrogen) atoms. The molecule has 3 rings (SSSR count). The third kappa shape index (κ3) is 3.27. The minimum atomic E-state index is 0.254. The van der Waals surface area contributed by atoms with Gasteiger partial charge in [-0.2, -0.15) is 0 Å². The Morgan fingerprint density at radius 3 is 2.38 bits per heavy atom. The van der Waals surface area contributed by atoms with Gasteiger partial charge in [0.1, 0.15) is 0 Å². The molecule has 0 atom stereocenters. The van der Waals surface area contributed by atoms with Crippen LogP contribution in [-0.2, 0) is 4.79 Å². The van der Waals surface area contributed by atoms with Gasteiger partial charge in [0.15, 0.2) is 0 Å². The monoisotopic (exact) mass is 285 g/mol. The Morgan fingerprint density at radius 1 is 1.05 bits per heavy atom. The molecular formula is C17H23N3O. The number of hydrogen-bond donors (Lipinski definition) is 0. The summed E-state index contributed by atoms with van der Waals surface area (Å²) in [6.45, 7) is 8.19. The maximum atomic E-state index is 12.1. The van der Waals surface area contributed by atoms with E-state index in [0.29, 0.717) is 6.54 Å². The highest BCUT2D eigenvalue weighted by atomic mass is 16.2. The third-order valence-corrected chi connectivity index (χ3v) is 4.36. The zero-order valence-electron chi connectivity index (χ0n) is 12.7. The summed E-state index contributed by atoms with van der Waals surface area (Å²) in [7, 11) is 0. The molecule has 0 saturated carbocycles. The summed E-state index contributed by atoms with van der Waals surface area (Å²) < 4.78 is 0. The zero-order valence-corrected chi connectivity index (χ0v) is 12.7. The number of amides is 1. The summed E-state index contributed by atoms with van der Waals surface area (Å²) in [5, 5.41) is 0. The number of nitrogens with zero attached hydrogens (tertiary/aromatic N) is 3. The van der Waals surface area contributed by atoms with Gasteiger partial charge in [-0.05, 0) is 18.6 Å². The smallest absolute Gasteiger partial charge is 0.237 e. The van der Waals surface area contributed by atoms with E-state index in [1.54, 1.807) is 0 Å². The molecule has 4 heteroatoms. The Balaban J connectivity index is 1.51. The van der Waals surface area contributed by atoms with Crippen LogP contribution >= 0.6 is 0 Å². The second-order valence-electron chi connectivity index (χ2n) is 5.82. The molecule has 0 spiro atoms. The van der Waals surface area contributed by atoms with E-state index in [1.165, 1.54) is 11.3 Å². The molecule has 1 aromatic rings. The number of benzene rings is 1. The molecule has 1 saturated heterocycles. The normalized spacial score (nSPS) is 19.3. The first-order valence-electron chi connectivity index (χ1n) is 7.70. The standard InChI is InChI=1S/C17H23N3O/c1-15-6-2-3-7-16(15)19-12-10-18(11-13-19)14-17(21)20-8-4-5-9-20/h2-7H,8-14H2,1H3. The first-order valence-corrected chi connectivity index (χ1v) is 7.70. The van der Waals surface area contributed by atoms with Crippen LogP contribution in [0.3, 0.4) is 0 Å². The van der Waals surface area contributed by atoms with Crippen LogP contribution in [0.2, 0.25) is 0 Å². The lowest BCUT2D eigenvalue weighted by Crippen LogP contribution is -2.50. The second kappa shape index (κ2) is 6.31. The average Bonchev–Trinajstić information content (AvgIpc) is 3.03. The van der Waals surface area contributed by atoms with Crippen LogP contribution in [0.25, 0.3) is 0 Å². The van der Waals surface area contributed by atoms with Crippen LogP contribution in [0.15, 0.2) is 36.4 Å². The lowest BCUT2D eigenvalue weighted by atomic mass is 10.1. The van der Waals surface area contributed by atoms with E-state index in [4.69, 9.17) is 0 Å². The number of carbonyl (C=O) groups is 1. The largest absolute Gasteiger partial charge is 0.369 e. The number of piperazine rings is 1. The SMILES string of the molecule is Cc1ccccc1N1CCN(CC(=O)N2CC=CC2)CC1. The Labute approximate surface area is 126 Å². The lowest BCUT2D eigenvalue weighted by Gasteiger charge is -2.37. The summed E-state index contributed by atoms with van der Waals surface area (Å²) in [5.74, 6) is 0.254. The first-order chi connectivity index (χ1) is 10.2. The molecule has 1 amide bonds. The van der Waals surface area contributed by atoms with Crippen molar-refractivity contribution in [2.24, 2.45) is 0 Å². The van der Waals surface area contributed by atoms with Gasteiger partial charge in [-0.3, -0.25) is 9.69 Å². The second-order valence-corrected chi connectivity index (χ2v) is 5.82. The molecule has 0 radical (unpaired) electrons. The third-order valence-electron chi connectivity index (χ3n) is 4.36. The van der Waals surface area contributed by atoms with E-state index >= 15 is 0 Å². The van der Waals surface area contributed by atoms with Gasteiger partial charge in [0, 0.05) is 45.0 Å². The van der Waals surface area contributed by atoms with Gasteiger partial charge in [0.25, 0.3) is 0 Å². The highest BCUT2D eigenvalue weighted by Crippen LogP contribution is 2.20. The molecule has 1 aromatic carbocycles. The van der Waals surface area contributed by atoms with Crippen LogP contribution in [-0.4, -0.2) is 61.5 Å². The fraction of sp³-hybridized carbons (Fsp3) is 0.471. The van der Waals surface area contributed by atoms with E-state index < -0.39 is 0 Å². The molecule has 0 N–H and O–H groups in total. The molecule has 0 aromatic heterocycles. The van der Waals surface area contributed by atoms with Crippen molar-refractivity contribution in [1.82, 2.24) is 9.80 Å². The predicted molar refractivity (Wildman–Crippen MR) is 85.6 cm³/mol. The van der Waals surface area contributed by atoms with Gasteiger partial charge in [0.2, 0.25) is 5.91 Å². The van der Waals surface area contributed by atoms with E-state index in [1.807, 2.05) is 4.90 Å². The molecule has 0 bridgehead atoms. The quantitative estimate of drug-likeness (QED) is 0.788. The van der Waals surface area contributed by atoms with Gasteiger partial charge < -0.3 is 9.80 Å². The predicted octanol–water partition coefficient (Wildman–Crippen LogP) is 1.52. The Bertz CT molecular complexity index is 525. The maximum absolute atomic E-state index is 12.1. The van der Waals surface area contributed by atoms with Crippen LogP contribution < -0.4 is 4.90 Å². The van der Waals surface area contributed by atoms with Gasteiger partial charge in [0.05, 0.1) is 6.54 Å². The van der Waals surface area contributed by atoms with E-state index in [-0.39, 0.29) is 5.91 Å². The van der Waals surface area contributed by atoms with Crippen molar-refractivity contribution < 1.29 is 4.79 Å². The summed E-state index contributed by atoms with van der Waals surface area (Å²) >= 11 is 0. The van der Waals surface area contributed by atoms with Crippen molar-refractivity contribution in [2.45, 2.75) is 6.92 Å². The highest BCUT2D eigenvalue weighted by Gasteiger charge is 2.22. The van der Waals surface area contributed by atoms with Crippen molar-refractivity contribution in [3.8, 4) is 0 Å². The molecule has 2 heterocycles. The molecular weight excluding hydrogens is 262 g/mol. The maximum Gasteiger partial charge on any atom is 0.237 e. The molecule has 0 aliphatic carbocycles. The minimum absolute atomic E-state index is 0.254. The molecule has 4 nitrogen and oxygen atoms in total. The van der Waals surface area contributed by atoms with Gasteiger partial charge >= 0.3 is 0 Å². The molecule has 1 fully saturated rings. The van der Waals surface area contributed by atoms with Gasteiger partial charge in [-0.15, -0.1) is 0 Å². The summed E-state index contributed by atoms with van der Waals surface area (Å²) in [6.07, 6.45) is 4.13. The van der Waals surface area contributed by atoms with E-state index in [0.717, 1.165) is 39.3 Å². The van der Waals surface area contributed by atoms with Crippen LogP contribution in [0.5, 0.6) is 0 Å². The van der Waals surface area contributed by atoms with Crippen LogP contribution in [0, 0.1) is 6.92 Å². The molecule has 2 aliphatic heterocycles. The first kappa shape index (κ1) is 14.1. The molecule has 112 valence electrons. The number of para-hydroxylation sites is 1. The van der Waals surface area contributed by atoms with E-state index in [9.17, 15) is 4.79 Å². The Kier molecular flexibility index (Phi) is 4.25. The topological polar surface area (TPSA) is 26.8 Å². The van der Waals surface area contributed by atoms with Crippen molar-refractivity contribution >= 4 is 11.6 Å². The number of rotatable bonds is 3. The summed E-state index contributed by atoms with van der Waals surface area (Å²) in [4.78, 5) is 18.8. The molecule has 2 aliphatic rings. The summed E-state index contributed by atoms with van der Waals surface area (Å²) in [5.41, 5.74) is 2.65. The zero-order chi connectivity index (χ0) is 14.7. The lowest BCUT2D eigenvalue weighted by molar-refractivity contribution is -0.131. The highest BCUT2D eigenvalue weighted by molar-refractivity contribution is 5.79. The Morgan fingerprint density at radius 2 is 1.71 bits per heavy atom. The van der Waals surface area contributed by atoms with Crippen molar-refractivity contribution in [1.29, 1.82) is 0 Å². The van der Waals surface area contributed by atoms with Crippen molar-refractivity contribution in [3.05, 3.63) is 42.0 Å². The summed E-state index contributed by atoms with van der Waals surface area (Å²) in [6, 6.07) is 8.52. The fourth-order valence-electron chi connectivity index (χ4n) is 3.04. The fourth-order valence-corrected chi connectivity index (χ4v) is 3.04. The number of hydrogen-bond acceptors (Lipinski definition) is 3. The number of anilines is 1. The van der Waals surface area contributed by atoms with E-state index in [2.05, 4.69) is 53.1 Å². The average molecular weight is 285 g/mol. The Hall–Kier alpha value is -1.81. The van der Waals surface area contributed by atoms with Crippen molar-refractivity contribution in [2.75, 3.05) is 50.7 Å². The molecule has 0 unspecified atom stereocenters. The van der Waals surface area contributed by atoms with Crippen molar-refractivity contribution in [3.63, 3.8) is 0 Å². The minimum Gasteiger partial charge on any atom is -0.369 e. The number of aryl methyl sites for hydroxylation is 1. The van der Waals surface area contributed by atoms with Crippen LogP contribution in [0.4, 0.5) is 5.69 Å².